The topological polar surface area (TPSA) is 81.9 Å². The normalized spacial score (nSPS) is 11.5. The van der Waals surface area contributed by atoms with Crippen molar-refractivity contribution in [3.05, 3.63) is 100 Å². The minimum atomic E-state index is -3.64. The summed E-state index contributed by atoms with van der Waals surface area (Å²) >= 11 is 13.2. The lowest BCUT2D eigenvalue weighted by Gasteiger charge is -2.11. The summed E-state index contributed by atoms with van der Waals surface area (Å²) in [7, 11) is -3.64. The molecule has 6 nitrogen and oxygen atoms in total. The number of benzene rings is 3. The minimum Gasteiger partial charge on any atom is -0.293 e. The molecule has 0 saturated heterocycles. The van der Waals surface area contributed by atoms with E-state index in [0.717, 1.165) is 11.8 Å². The molecule has 0 aliphatic heterocycles. The molecule has 0 aliphatic rings. The van der Waals surface area contributed by atoms with E-state index in [0.29, 0.717) is 21.4 Å². The first kappa shape index (κ1) is 23.5. The van der Waals surface area contributed by atoms with Gasteiger partial charge in [-0.2, -0.15) is 0 Å². The molecule has 0 N–H and O–H groups in total. The van der Waals surface area contributed by atoms with Crippen LogP contribution in [0.3, 0.4) is 0 Å². The van der Waals surface area contributed by atoms with Crippen molar-refractivity contribution >= 4 is 50.6 Å². The van der Waals surface area contributed by atoms with Gasteiger partial charge in [0.25, 0.3) is 0 Å². The van der Waals surface area contributed by atoms with E-state index >= 15 is 0 Å². The predicted octanol–water partition coefficient (Wildman–Crippen LogP) is 5.52. The summed E-state index contributed by atoms with van der Waals surface area (Å²) in [5.41, 5.74) is 1.05. The van der Waals surface area contributed by atoms with Crippen molar-refractivity contribution in [3.63, 3.8) is 0 Å². The molecular formula is C23H17Cl2N3O3S2. The van der Waals surface area contributed by atoms with E-state index in [9.17, 15) is 13.2 Å². The molecule has 0 fully saturated rings. The number of para-hydroxylation sites is 1. The number of halogens is 2. The number of hydrogen-bond donors (Lipinski definition) is 0. The lowest BCUT2D eigenvalue weighted by Crippen LogP contribution is -2.11. The summed E-state index contributed by atoms with van der Waals surface area (Å²) in [5.74, 6) is -0.249. The first-order chi connectivity index (χ1) is 15.8. The third-order valence-electron chi connectivity index (χ3n) is 4.70. The molecule has 3 aromatic carbocycles. The highest BCUT2D eigenvalue weighted by Gasteiger charge is 2.23. The second-order valence-corrected chi connectivity index (χ2v) is 10.8. The Morgan fingerprint density at radius 1 is 0.909 bits per heavy atom. The third kappa shape index (κ3) is 5.47. The van der Waals surface area contributed by atoms with Gasteiger partial charge in [0, 0.05) is 16.3 Å². The number of aromatic nitrogens is 3. The number of ketones is 1. The molecule has 0 radical (unpaired) electrons. The van der Waals surface area contributed by atoms with E-state index in [1.807, 2.05) is 30.3 Å². The smallest absolute Gasteiger partial charge is 0.196 e. The Labute approximate surface area is 205 Å². The molecule has 0 unspecified atom stereocenters. The molecule has 1 heterocycles. The van der Waals surface area contributed by atoms with Crippen LogP contribution in [0.15, 0.2) is 88.9 Å². The Morgan fingerprint density at radius 3 is 2.24 bits per heavy atom. The van der Waals surface area contributed by atoms with Crippen LogP contribution in [0.2, 0.25) is 10.0 Å². The van der Waals surface area contributed by atoms with Crippen LogP contribution in [-0.2, 0) is 15.6 Å². The van der Waals surface area contributed by atoms with Crippen molar-refractivity contribution in [1.29, 1.82) is 0 Å². The monoisotopic (exact) mass is 517 g/mol. The van der Waals surface area contributed by atoms with E-state index in [-0.39, 0.29) is 33.0 Å². The van der Waals surface area contributed by atoms with Gasteiger partial charge in [-0.05, 0) is 42.5 Å². The van der Waals surface area contributed by atoms with Gasteiger partial charge in [-0.3, -0.25) is 9.36 Å². The van der Waals surface area contributed by atoms with E-state index in [1.54, 1.807) is 47.0 Å². The van der Waals surface area contributed by atoms with Crippen molar-refractivity contribution in [2.24, 2.45) is 0 Å². The average molecular weight is 518 g/mol. The number of carbonyl (C=O) groups is 1. The molecule has 0 aliphatic carbocycles. The maximum atomic E-state index is 12.9. The Kier molecular flexibility index (Phi) is 7.19. The zero-order valence-electron chi connectivity index (χ0n) is 17.1. The zero-order chi connectivity index (χ0) is 23.4. The van der Waals surface area contributed by atoms with Gasteiger partial charge in [0.05, 0.1) is 15.7 Å². The number of hydrogen-bond acceptors (Lipinski definition) is 6. The molecule has 33 heavy (non-hydrogen) atoms. The fourth-order valence-electron chi connectivity index (χ4n) is 3.13. The van der Waals surface area contributed by atoms with Crippen molar-refractivity contribution < 1.29 is 13.2 Å². The highest BCUT2D eigenvalue weighted by Crippen LogP contribution is 2.27. The van der Waals surface area contributed by atoms with Gasteiger partial charge in [-0.15, -0.1) is 10.2 Å². The van der Waals surface area contributed by atoms with Crippen molar-refractivity contribution in [1.82, 2.24) is 14.8 Å². The first-order valence-electron chi connectivity index (χ1n) is 9.74. The van der Waals surface area contributed by atoms with Crippen LogP contribution in [0.5, 0.6) is 0 Å². The molecule has 4 aromatic rings. The number of thioether (sulfide) groups is 1. The van der Waals surface area contributed by atoms with Gasteiger partial charge < -0.3 is 0 Å². The number of sulfone groups is 1. The molecule has 168 valence electrons. The standard InChI is InChI=1S/C23H17Cl2N3O3S2/c24-16-11-12-19(20(25)13-16)21(29)14-32-23-27-26-22(28(23)17-7-3-1-4-8-17)15-33(30,31)18-9-5-2-6-10-18/h1-13H,14-15H2. The van der Waals surface area contributed by atoms with E-state index in [2.05, 4.69) is 10.2 Å². The molecular weight excluding hydrogens is 501 g/mol. The summed E-state index contributed by atoms with van der Waals surface area (Å²) in [6.07, 6.45) is 0. The Hall–Kier alpha value is -2.65. The maximum absolute atomic E-state index is 12.9. The van der Waals surface area contributed by atoms with Crippen LogP contribution in [0.25, 0.3) is 5.69 Å². The van der Waals surface area contributed by atoms with Crippen molar-refractivity contribution in [2.75, 3.05) is 5.75 Å². The van der Waals surface area contributed by atoms with Gasteiger partial charge >= 0.3 is 0 Å². The fourth-order valence-corrected chi connectivity index (χ4v) is 5.76. The van der Waals surface area contributed by atoms with Crippen LogP contribution in [0, 0.1) is 0 Å². The van der Waals surface area contributed by atoms with Gasteiger partial charge in [-0.1, -0.05) is 71.4 Å². The van der Waals surface area contributed by atoms with Gasteiger partial charge in [0.15, 0.2) is 26.6 Å². The summed E-state index contributed by atoms with van der Waals surface area (Å²) in [6.45, 7) is 0. The van der Waals surface area contributed by atoms with Gasteiger partial charge in [0.1, 0.15) is 5.75 Å². The van der Waals surface area contributed by atoms with Crippen molar-refractivity contribution in [3.8, 4) is 5.69 Å². The number of nitrogens with zero attached hydrogens (tertiary/aromatic N) is 3. The second kappa shape index (κ2) is 10.1. The summed E-state index contributed by atoms with van der Waals surface area (Å²) < 4.78 is 27.5. The van der Waals surface area contributed by atoms with Crippen LogP contribution >= 0.6 is 35.0 Å². The third-order valence-corrected chi connectivity index (χ3v) is 7.81. The fraction of sp³-hybridized carbons (Fsp3) is 0.0870. The van der Waals surface area contributed by atoms with Crippen LogP contribution in [-0.4, -0.2) is 34.7 Å². The number of carbonyl (C=O) groups excluding carboxylic acids is 1. The molecule has 0 bridgehead atoms. The highest BCUT2D eigenvalue weighted by molar-refractivity contribution is 7.99. The highest BCUT2D eigenvalue weighted by atomic mass is 35.5. The minimum absolute atomic E-state index is 0.0394. The summed E-state index contributed by atoms with van der Waals surface area (Å²) in [6, 6.07) is 22.0. The first-order valence-corrected chi connectivity index (χ1v) is 13.1. The largest absolute Gasteiger partial charge is 0.293 e. The van der Waals surface area contributed by atoms with E-state index < -0.39 is 9.84 Å². The Morgan fingerprint density at radius 2 is 1.58 bits per heavy atom. The zero-order valence-corrected chi connectivity index (χ0v) is 20.2. The van der Waals surface area contributed by atoms with Crippen LogP contribution < -0.4 is 0 Å². The van der Waals surface area contributed by atoms with Gasteiger partial charge in [0.2, 0.25) is 0 Å². The second-order valence-electron chi connectivity index (χ2n) is 6.98. The van der Waals surface area contributed by atoms with Gasteiger partial charge in [-0.25, -0.2) is 8.42 Å². The van der Waals surface area contributed by atoms with Crippen molar-refractivity contribution in [2.45, 2.75) is 15.8 Å². The molecule has 0 amide bonds. The lowest BCUT2D eigenvalue weighted by molar-refractivity contribution is 0.102. The lowest BCUT2D eigenvalue weighted by atomic mass is 10.1. The molecule has 4 rings (SSSR count). The number of Topliss-reactive ketones (excluding diaryl/α,β-unsaturated/α-hetero) is 1. The summed E-state index contributed by atoms with van der Waals surface area (Å²) in [5, 5.41) is 9.43. The van der Waals surface area contributed by atoms with Crippen LogP contribution in [0.4, 0.5) is 0 Å². The van der Waals surface area contributed by atoms with E-state index in [1.165, 1.54) is 6.07 Å². The molecule has 0 saturated carbocycles. The quantitative estimate of drug-likeness (QED) is 0.226. The van der Waals surface area contributed by atoms with Crippen LogP contribution in [0.1, 0.15) is 16.2 Å². The number of rotatable bonds is 8. The molecule has 10 heteroatoms. The predicted molar refractivity (Wildman–Crippen MR) is 130 cm³/mol. The summed E-state index contributed by atoms with van der Waals surface area (Å²) in [4.78, 5) is 12.9. The van der Waals surface area contributed by atoms with E-state index in [4.69, 9.17) is 23.2 Å². The molecule has 0 spiro atoms. The molecule has 0 atom stereocenters. The Balaban J connectivity index is 1.64. The Bertz CT molecular complexity index is 1390. The molecule has 1 aromatic heterocycles. The average Bonchev–Trinajstić information content (AvgIpc) is 3.20. The maximum Gasteiger partial charge on any atom is 0.196 e. The SMILES string of the molecule is O=C(CSc1nnc(CS(=O)(=O)c2ccccc2)n1-c1ccccc1)c1ccc(Cl)cc1Cl.